The predicted molar refractivity (Wildman–Crippen MR) is 47.2 cm³/mol. The third-order valence-corrected chi connectivity index (χ3v) is 1.22. The van der Waals surface area contributed by atoms with Gasteiger partial charge in [0.05, 0.1) is 16.7 Å². The van der Waals surface area contributed by atoms with E-state index in [0.717, 1.165) is 6.07 Å². The monoisotopic (exact) mass is 180 g/mol. The first kappa shape index (κ1) is 11.0. The van der Waals surface area contributed by atoms with Gasteiger partial charge in [-0.3, -0.25) is 10.1 Å². The van der Waals surface area contributed by atoms with Crippen LogP contribution in [0.25, 0.3) is 0 Å². The number of nitro groups is 1. The zero-order valence-corrected chi connectivity index (χ0v) is 7.64. The molecule has 0 aromatic heterocycles. The van der Waals surface area contributed by atoms with Gasteiger partial charge >= 0.3 is 23.1 Å². The largest absolute Gasteiger partial charge is 2.00 e. The molecule has 0 saturated heterocycles. The normalized spacial score (nSPS) is 8.67. The average molecular weight is 180 g/mol. The first-order chi connectivity index (χ1) is 5.11. The van der Waals surface area contributed by atoms with Gasteiger partial charge in [-0.1, -0.05) is 0 Å². The Balaban J connectivity index is -0.000000403. The van der Waals surface area contributed by atoms with Crippen LogP contribution in [0.15, 0.2) is 18.2 Å². The molecular weight excluding hydrogens is 172 g/mol. The van der Waals surface area contributed by atoms with Crippen LogP contribution in [-0.2, 0) is 0 Å². The molecule has 0 unspecified atom stereocenters. The fraction of sp³-hybridized carbons (Fsp3) is 0. The summed E-state index contributed by atoms with van der Waals surface area (Å²) in [6.45, 7) is 0. The molecule has 6 heteroatoms. The van der Waals surface area contributed by atoms with Crippen molar-refractivity contribution in [3.05, 3.63) is 28.3 Å². The maximum atomic E-state index is 10.1. The zero-order valence-electron chi connectivity index (χ0n) is 8.23. The molecule has 5 nitrogen and oxygen atoms in total. The SMILES string of the molecule is Nc1ccc([N+](=O)[O-])cc1O.[H-].[H-].[Mg+2]. The summed E-state index contributed by atoms with van der Waals surface area (Å²) in [6.07, 6.45) is 0. The summed E-state index contributed by atoms with van der Waals surface area (Å²) >= 11 is 0. The van der Waals surface area contributed by atoms with Crippen LogP contribution < -0.4 is 5.73 Å². The molecule has 12 heavy (non-hydrogen) atoms. The van der Waals surface area contributed by atoms with Crippen molar-refractivity contribution < 1.29 is 12.9 Å². The Kier molecular flexibility index (Phi) is 3.77. The Hall–Kier alpha value is -1.01. The van der Waals surface area contributed by atoms with Crippen LogP contribution in [0.4, 0.5) is 11.4 Å². The van der Waals surface area contributed by atoms with Gasteiger partial charge in [-0.05, 0) is 6.07 Å². The van der Waals surface area contributed by atoms with Crippen LogP contribution in [0, 0.1) is 10.1 Å². The number of hydrogen-bond donors (Lipinski definition) is 2. The summed E-state index contributed by atoms with van der Waals surface area (Å²) < 4.78 is 0. The Morgan fingerprint density at radius 2 is 2.17 bits per heavy atom. The number of benzene rings is 1. The zero-order chi connectivity index (χ0) is 8.43. The number of hydrogen-bond acceptors (Lipinski definition) is 4. The van der Waals surface area contributed by atoms with E-state index in [-0.39, 0.29) is 43.0 Å². The molecule has 0 aliphatic carbocycles. The van der Waals surface area contributed by atoms with Gasteiger partial charge in [0.15, 0.2) is 0 Å². The molecule has 1 aromatic rings. The molecule has 0 radical (unpaired) electrons. The van der Waals surface area contributed by atoms with E-state index >= 15 is 0 Å². The Labute approximate surface area is 87.5 Å². The Morgan fingerprint density at radius 1 is 1.58 bits per heavy atom. The maximum absolute atomic E-state index is 10.1. The molecule has 0 saturated carbocycles. The van der Waals surface area contributed by atoms with Crippen molar-refractivity contribution in [1.29, 1.82) is 0 Å². The molecule has 0 atom stereocenters. The molecule has 1 aromatic carbocycles. The van der Waals surface area contributed by atoms with Crippen LogP contribution in [0.5, 0.6) is 5.75 Å². The number of aromatic hydroxyl groups is 1. The van der Waals surface area contributed by atoms with Crippen LogP contribution in [0.1, 0.15) is 2.85 Å². The number of nitrogens with zero attached hydrogens (tertiary/aromatic N) is 1. The number of rotatable bonds is 1. The van der Waals surface area contributed by atoms with Crippen LogP contribution in [-0.4, -0.2) is 33.1 Å². The van der Waals surface area contributed by atoms with E-state index in [4.69, 9.17) is 10.8 Å². The van der Waals surface area contributed by atoms with E-state index in [9.17, 15) is 10.1 Å². The molecule has 1 rings (SSSR count). The quantitative estimate of drug-likeness (QED) is 0.219. The van der Waals surface area contributed by atoms with Gasteiger partial charge < -0.3 is 13.7 Å². The summed E-state index contributed by atoms with van der Waals surface area (Å²) in [4.78, 5) is 9.52. The van der Waals surface area contributed by atoms with Crippen molar-refractivity contribution in [1.82, 2.24) is 0 Å². The van der Waals surface area contributed by atoms with Gasteiger partial charge in [-0.25, -0.2) is 0 Å². The number of nitrogen functional groups attached to an aromatic ring is 1. The van der Waals surface area contributed by atoms with Crippen LogP contribution in [0.2, 0.25) is 0 Å². The van der Waals surface area contributed by atoms with Gasteiger partial charge in [0, 0.05) is 6.07 Å². The molecule has 62 valence electrons. The third kappa shape index (κ3) is 2.24. The topological polar surface area (TPSA) is 89.4 Å². The number of phenols is 1. The second-order valence-corrected chi connectivity index (χ2v) is 2.00. The van der Waals surface area contributed by atoms with E-state index in [2.05, 4.69) is 0 Å². The second-order valence-electron chi connectivity index (χ2n) is 2.00. The Morgan fingerprint density at radius 3 is 2.58 bits per heavy atom. The van der Waals surface area contributed by atoms with E-state index < -0.39 is 4.92 Å². The maximum Gasteiger partial charge on any atom is 2.00 e. The van der Waals surface area contributed by atoms with E-state index in [0.29, 0.717) is 0 Å². The molecule has 3 N–H and O–H groups in total. The first-order valence-corrected chi connectivity index (χ1v) is 2.84. The van der Waals surface area contributed by atoms with E-state index in [1.165, 1.54) is 12.1 Å². The van der Waals surface area contributed by atoms with Crippen molar-refractivity contribution >= 4 is 34.4 Å². The molecule has 0 amide bonds. The van der Waals surface area contributed by atoms with Crippen LogP contribution >= 0.6 is 0 Å². The molecule has 0 fully saturated rings. The van der Waals surface area contributed by atoms with Gasteiger partial charge in [0.2, 0.25) is 0 Å². The number of anilines is 1. The predicted octanol–water partition coefficient (Wildman–Crippen LogP) is 0.727. The number of non-ortho nitro benzene ring substituents is 1. The average Bonchev–Trinajstić information content (AvgIpc) is 1.94. The fourth-order valence-corrected chi connectivity index (χ4v) is 0.646. The standard InChI is InChI=1S/C6H6N2O3.Mg.2H/c7-5-2-1-4(8(10)11)3-6(5)9;;;/h1-3,9H,7H2;;;/q;+2;2*-1. The minimum Gasteiger partial charge on any atom is -1.00 e. The fourth-order valence-electron chi connectivity index (χ4n) is 0.646. The van der Waals surface area contributed by atoms with Crippen molar-refractivity contribution in [2.45, 2.75) is 0 Å². The summed E-state index contributed by atoms with van der Waals surface area (Å²) in [6, 6.07) is 3.53. The molecule has 0 aliphatic heterocycles. The summed E-state index contributed by atoms with van der Waals surface area (Å²) in [5, 5.41) is 19.0. The van der Waals surface area contributed by atoms with Crippen molar-refractivity contribution in [3.8, 4) is 5.75 Å². The van der Waals surface area contributed by atoms with Gasteiger partial charge in [0.25, 0.3) is 5.69 Å². The van der Waals surface area contributed by atoms with Gasteiger partial charge in [-0.15, -0.1) is 0 Å². The summed E-state index contributed by atoms with van der Waals surface area (Å²) in [5.74, 6) is -0.265. The molecule has 0 bridgehead atoms. The van der Waals surface area contributed by atoms with E-state index in [1.807, 2.05) is 0 Å². The molecule has 0 aliphatic rings. The minimum atomic E-state index is -0.598. The molecular formula is C6H8MgN2O3. The minimum absolute atomic E-state index is 0. The smallest absolute Gasteiger partial charge is 1.00 e. The van der Waals surface area contributed by atoms with Gasteiger partial charge in [-0.2, -0.15) is 0 Å². The number of nitro benzene ring substituents is 1. The first-order valence-electron chi connectivity index (χ1n) is 2.84. The van der Waals surface area contributed by atoms with E-state index in [1.54, 1.807) is 0 Å². The van der Waals surface area contributed by atoms with Crippen molar-refractivity contribution in [3.63, 3.8) is 0 Å². The van der Waals surface area contributed by atoms with Crippen LogP contribution in [0.3, 0.4) is 0 Å². The molecule has 0 heterocycles. The van der Waals surface area contributed by atoms with Crippen molar-refractivity contribution in [2.75, 3.05) is 5.73 Å². The summed E-state index contributed by atoms with van der Waals surface area (Å²) in [5.41, 5.74) is 5.18. The van der Waals surface area contributed by atoms with Crippen molar-refractivity contribution in [2.24, 2.45) is 0 Å². The van der Waals surface area contributed by atoms with Gasteiger partial charge in [0.1, 0.15) is 5.75 Å². The number of phenolic OH excluding ortho intramolecular Hbond substituents is 1. The second kappa shape index (κ2) is 4.12. The summed E-state index contributed by atoms with van der Waals surface area (Å²) in [7, 11) is 0. The number of nitrogens with two attached hydrogens (primary N) is 1. The molecule has 0 spiro atoms. The Bertz CT molecular complexity index is 311. The third-order valence-electron chi connectivity index (χ3n) is 1.22.